The van der Waals surface area contributed by atoms with Gasteiger partial charge in [-0.05, 0) is 12.5 Å². The number of ether oxygens (including phenoxy) is 3. The molecule has 8 heteroatoms. The number of esters is 2. The quantitative estimate of drug-likeness (QED) is 0.335. The Hall–Kier alpha value is -1.79. The second-order valence-electron chi connectivity index (χ2n) is 4.66. The lowest BCUT2D eigenvalue weighted by atomic mass is 9.86. The van der Waals surface area contributed by atoms with Crippen molar-refractivity contribution in [3.8, 4) is 0 Å². The van der Waals surface area contributed by atoms with Gasteiger partial charge in [-0.2, -0.15) is 0 Å². The highest BCUT2D eigenvalue weighted by Crippen LogP contribution is 2.35. The molecule has 106 valence electrons. The summed E-state index contributed by atoms with van der Waals surface area (Å²) in [5.74, 6) is -0.989. The summed E-state index contributed by atoms with van der Waals surface area (Å²) in [4.78, 5) is 24.8. The Balaban J connectivity index is 2.97. The molecule has 0 aromatic carbocycles. The van der Waals surface area contributed by atoms with Crippen molar-refractivity contribution < 1.29 is 23.8 Å². The minimum absolute atomic E-state index is 0.124. The number of nitrogens with zero attached hydrogens (tertiary/aromatic N) is 3. The van der Waals surface area contributed by atoms with Crippen LogP contribution in [-0.2, 0) is 23.8 Å². The van der Waals surface area contributed by atoms with Gasteiger partial charge in [0.25, 0.3) is 0 Å². The molecule has 0 N–H and O–H groups in total. The van der Waals surface area contributed by atoms with Gasteiger partial charge in [0.2, 0.25) is 6.29 Å². The van der Waals surface area contributed by atoms with Crippen molar-refractivity contribution in [2.45, 2.75) is 58.2 Å². The average Bonchev–Trinajstić information content (AvgIpc) is 2.22. The predicted octanol–water partition coefficient (Wildman–Crippen LogP) is 1.69. The molecule has 1 fully saturated rings. The molecule has 1 aliphatic heterocycles. The van der Waals surface area contributed by atoms with Gasteiger partial charge in [0, 0.05) is 25.2 Å². The Kier molecular flexibility index (Phi) is 4.74. The van der Waals surface area contributed by atoms with E-state index in [9.17, 15) is 9.59 Å². The molecule has 4 atom stereocenters. The van der Waals surface area contributed by atoms with E-state index in [1.54, 1.807) is 13.8 Å². The second kappa shape index (κ2) is 5.90. The van der Waals surface area contributed by atoms with Crippen molar-refractivity contribution >= 4 is 11.9 Å². The molecule has 0 aromatic rings. The number of hydrogen-bond donors (Lipinski definition) is 0. The van der Waals surface area contributed by atoms with Gasteiger partial charge >= 0.3 is 11.9 Å². The summed E-state index contributed by atoms with van der Waals surface area (Å²) in [7, 11) is 0. The standard InChI is InChI=1S/C11H17N3O5/c1-6-10(19-8(3)16)11(4,13-14-12)5-9(17-6)18-7(2)15/h6,9-10H,5H2,1-4H3/t6-,9+,10-,11-/m0/s1. The van der Waals surface area contributed by atoms with E-state index in [1.165, 1.54) is 13.8 Å². The lowest BCUT2D eigenvalue weighted by Gasteiger charge is -2.43. The SMILES string of the molecule is CC(=O)O[C@@H]1C[C@](C)(N=[N+]=[N-])[C@@H](OC(C)=O)[C@H](C)O1. The van der Waals surface area contributed by atoms with Crippen LogP contribution in [0.15, 0.2) is 5.11 Å². The van der Waals surface area contributed by atoms with Gasteiger partial charge in [0.15, 0.2) is 0 Å². The molecule has 8 nitrogen and oxygen atoms in total. The van der Waals surface area contributed by atoms with Gasteiger partial charge in [0.1, 0.15) is 6.10 Å². The van der Waals surface area contributed by atoms with Crippen LogP contribution >= 0.6 is 0 Å². The smallest absolute Gasteiger partial charge is 0.304 e. The van der Waals surface area contributed by atoms with Crippen LogP contribution < -0.4 is 0 Å². The molecule has 0 spiro atoms. The molecule has 0 amide bonds. The first-order valence-electron chi connectivity index (χ1n) is 5.84. The predicted molar refractivity (Wildman–Crippen MR) is 63.8 cm³/mol. The number of hydrogen-bond acceptors (Lipinski definition) is 6. The van der Waals surface area contributed by atoms with Crippen LogP contribution in [0.3, 0.4) is 0 Å². The Bertz CT molecular complexity index is 421. The van der Waals surface area contributed by atoms with Crippen LogP contribution in [0, 0.1) is 0 Å². The normalized spacial score (nSPS) is 34.0. The van der Waals surface area contributed by atoms with E-state index in [0.717, 1.165) is 0 Å². The summed E-state index contributed by atoms with van der Waals surface area (Å²) < 4.78 is 15.6. The van der Waals surface area contributed by atoms with Gasteiger partial charge in [0.05, 0.1) is 11.6 Å². The highest BCUT2D eigenvalue weighted by atomic mass is 16.7. The average molecular weight is 271 g/mol. The molecule has 0 aromatic heterocycles. The zero-order valence-corrected chi connectivity index (χ0v) is 11.3. The summed E-state index contributed by atoms with van der Waals surface area (Å²) >= 11 is 0. The largest absolute Gasteiger partial charge is 0.459 e. The maximum Gasteiger partial charge on any atom is 0.304 e. The highest BCUT2D eigenvalue weighted by molar-refractivity contribution is 5.66. The van der Waals surface area contributed by atoms with Crippen molar-refractivity contribution in [1.82, 2.24) is 0 Å². The first kappa shape index (κ1) is 15.3. The van der Waals surface area contributed by atoms with Crippen LogP contribution in [0.25, 0.3) is 10.4 Å². The Morgan fingerprint density at radius 3 is 2.42 bits per heavy atom. The van der Waals surface area contributed by atoms with Gasteiger partial charge in [-0.15, -0.1) is 0 Å². The van der Waals surface area contributed by atoms with E-state index in [2.05, 4.69) is 10.0 Å². The molecule has 1 aliphatic rings. The van der Waals surface area contributed by atoms with Crippen LogP contribution in [0.2, 0.25) is 0 Å². The van der Waals surface area contributed by atoms with Gasteiger partial charge in [-0.1, -0.05) is 12.0 Å². The van der Waals surface area contributed by atoms with Crippen molar-refractivity contribution in [2.24, 2.45) is 5.11 Å². The molecule has 19 heavy (non-hydrogen) atoms. The first-order valence-corrected chi connectivity index (χ1v) is 5.84. The molecule has 0 saturated carbocycles. The van der Waals surface area contributed by atoms with Gasteiger partial charge in [-0.3, -0.25) is 9.59 Å². The Morgan fingerprint density at radius 1 is 1.37 bits per heavy atom. The third-order valence-corrected chi connectivity index (χ3v) is 2.85. The molecule has 1 rings (SSSR count). The molecule has 1 saturated heterocycles. The van der Waals surface area contributed by atoms with Crippen LogP contribution in [-0.4, -0.2) is 36.0 Å². The van der Waals surface area contributed by atoms with E-state index in [-0.39, 0.29) is 6.42 Å². The van der Waals surface area contributed by atoms with Crippen molar-refractivity contribution in [3.05, 3.63) is 10.4 Å². The molecule has 0 aliphatic carbocycles. The van der Waals surface area contributed by atoms with Gasteiger partial charge in [-0.25, -0.2) is 0 Å². The number of rotatable bonds is 3. The summed E-state index contributed by atoms with van der Waals surface area (Å²) in [5, 5.41) is 3.69. The summed E-state index contributed by atoms with van der Waals surface area (Å²) in [6.45, 7) is 5.82. The molecule has 1 heterocycles. The lowest BCUT2D eigenvalue weighted by molar-refractivity contribution is -0.238. The summed E-state index contributed by atoms with van der Waals surface area (Å²) in [6, 6.07) is 0. The minimum Gasteiger partial charge on any atom is -0.459 e. The van der Waals surface area contributed by atoms with Crippen molar-refractivity contribution in [2.75, 3.05) is 0 Å². The fourth-order valence-electron chi connectivity index (χ4n) is 2.17. The third kappa shape index (κ3) is 3.84. The fourth-order valence-corrected chi connectivity index (χ4v) is 2.17. The zero-order chi connectivity index (χ0) is 14.6. The number of azide groups is 1. The molecule has 0 bridgehead atoms. The highest BCUT2D eigenvalue weighted by Gasteiger charge is 2.48. The Morgan fingerprint density at radius 2 is 1.95 bits per heavy atom. The molecule has 0 unspecified atom stereocenters. The second-order valence-corrected chi connectivity index (χ2v) is 4.66. The van der Waals surface area contributed by atoms with Gasteiger partial charge < -0.3 is 14.2 Å². The Labute approximate surface area is 110 Å². The van der Waals surface area contributed by atoms with E-state index in [1.807, 2.05) is 0 Å². The first-order chi connectivity index (χ1) is 8.78. The molecular weight excluding hydrogens is 254 g/mol. The summed E-state index contributed by atoms with van der Waals surface area (Å²) in [5.41, 5.74) is 7.63. The third-order valence-electron chi connectivity index (χ3n) is 2.85. The van der Waals surface area contributed by atoms with Crippen molar-refractivity contribution in [1.29, 1.82) is 0 Å². The molecular formula is C11H17N3O5. The maximum absolute atomic E-state index is 11.1. The van der Waals surface area contributed by atoms with Crippen LogP contribution in [0.5, 0.6) is 0 Å². The number of carbonyl (C=O) groups excluding carboxylic acids is 2. The van der Waals surface area contributed by atoms with E-state index < -0.39 is 36.0 Å². The monoisotopic (exact) mass is 271 g/mol. The lowest BCUT2D eigenvalue weighted by Crippen LogP contribution is -2.56. The van der Waals surface area contributed by atoms with Crippen LogP contribution in [0.1, 0.15) is 34.1 Å². The van der Waals surface area contributed by atoms with E-state index >= 15 is 0 Å². The number of carbonyl (C=O) groups is 2. The van der Waals surface area contributed by atoms with Crippen molar-refractivity contribution in [3.63, 3.8) is 0 Å². The fraction of sp³-hybridized carbons (Fsp3) is 0.818. The van der Waals surface area contributed by atoms with Crippen LogP contribution in [0.4, 0.5) is 0 Å². The van der Waals surface area contributed by atoms with E-state index in [0.29, 0.717) is 0 Å². The molecule has 0 radical (unpaired) electrons. The topological polar surface area (TPSA) is 111 Å². The zero-order valence-electron chi connectivity index (χ0n) is 11.3. The minimum atomic E-state index is -1.03. The summed E-state index contributed by atoms with van der Waals surface area (Å²) in [6.07, 6.45) is -1.99. The maximum atomic E-state index is 11.1. The van der Waals surface area contributed by atoms with E-state index in [4.69, 9.17) is 19.7 Å².